The van der Waals surface area contributed by atoms with Gasteiger partial charge in [0.25, 0.3) is 5.91 Å². The second kappa shape index (κ2) is 7.92. The van der Waals surface area contributed by atoms with Crippen LogP contribution in [0.3, 0.4) is 0 Å². The third-order valence-corrected chi connectivity index (χ3v) is 4.82. The number of anilines is 2. The highest BCUT2D eigenvalue weighted by Gasteiger charge is 2.18. The van der Waals surface area contributed by atoms with Gasteiger partial charge in [-0.15, -0.1) is 5.10 Å². The number of rotatable bonds is 4. The van der Waals surface area contributed by atoms with Gasteiger partial charge in [0, 0.05) is 29.5 Å². The van der Waals surface area contributed by atoms with Crippen molar-refractivity contribution in [2.75, 3.05) is 29.9 Å². The zero-order chi connectivity index (χ0) is 20.4. The van der Waals surface area contributed by atoms with Crippen molar-refractivity contribution >= 4 is 34.8 Å². The third-order valence-electron chi connectivity index (χ3n) is 4.57. The predicted molar refractivity (Wildman–Crippen MR) is 111 cm³/mol. The SMILES string of the molecule is Cc1nc(C(=O)Nc2ccc(N3CCNC(=O)C3)cc2)nn1-c1ccc(Cl)cc1. The maximum Gasteiger partial charge on any atom is 0.295 e. The maximum absolute atomic E-state index is 12.6. The Morgan fingerprint density at radius 3 is 2.48 bits per heavy atom. The molecule has 0 bridgehead atoms. The van der Waals surface area contributed by atoms with Crippen molar-refractivity contribution < 1.29 is 9.59 Å². The Kier molecular flexibility index (Phi) is 5.18. The molecule has 1 fully saturated rings. The number of carbonyl (C=O) groups excluding carboxylic acids is 2. The molecule has 2 heterocycles. The Bertz CT molecular complexity index is 1050. The Morgan fingerprint density at radius 2 is 1.79 bits per heavy atom. The lowest BCUT2D eigenvalue weighted by atomic mass is 10.2. The van der Waals surface area contributed by atoms with E-state index in [1.807, 2.05) is 29.2 Å². The number of amides is 2. The Labute approximate surface area is 172 Å². The average molecular weight is 411 g/mol. The van der Waals surface area contributed by atoms with Crippen molar-refractivity contribution in [1.29, 1.82) is 0 Å². The highest BCUT2D eigenvalue weighted by atomic mass is 35.5. The van der Waals surface area contributed by atoms with Gasteiger partial charge in [0.1, 0.15) is 5.82 Å². The number of carbonyl (C=O) groups is 2. The third kappa shape index (κ3) is 4.22. The van der Waals surface area contributed by atoms with Crippen LogP contribution in [0, 0.1) is 6.92 Å². The number of halogens is 1. The number of nitrogens with zero attached hydrogens (tertiary/aromatic N) is 4. The molecule has 148 valence electrons. The molecule has 2 N–H and O–H groups in total. The summed E-state index contributed by atoms with van der Waals surface area (Å²) in [6.07, 6.45) is 0. The number of nitrogens with one attached hydrogen (secondary N) is 2. The molecule has 2 aromatic carbocycles. The van der Waals surface area contributed by atoms with Crippen molar-refractivity contribution in [2.24, 2.45) is 0 Å². The monoisotopic (exact) mass is 410 g/mol. The number of benzene rings is 2. The molecular weight excluding hydrogens is 392 g/mol. The van der Waals surface area contributed by atoms with Gasteiger partial charge in [-0.25, -0.2) is 9.67 Å². The molecule has 0 unspecified atom stereocenters. The van der Waals surface area contributed by atoms with Gasteiger partial charge < -0.3 is 15.5 Å². The molecule has 4 rings (SSSR count). The summed E-state index contributed by atoms with van der Waals surface area (Å²) in [4.78, 5) is 30.3. The van der Waals surface area contributed by atoms with Crippen molar-refractivity contribution in [1.82, 2.24) is 20.1 Å². The highest BCUT2D eigenvalue weighted by Crippen LogP contribution is 2.19. The zero-order valence-electron chi connectivity index (χ0n) is 15.7. The topological polar surface area (TPSA) is 92.2 Å². The van der Waals surface area contributed by atoms with Gasteiger partial charge in [0.2, 0.25) is 11.7 Å². The summed E-state index contributed by atoms with van der Waals surface area (Å²) in [6.45, 7) is 3.49. The van der Waals surface area contributed by atoms with Crippen molar-refractivity contribution in [3.05, 3.63) is 65.2 Å². The lowest BCUT2D eigenvalue weighted by Gasteiger charge is -2.28. The summed E-state index contributed by atoms with van der Waals surface area (Å²) in [6, 6.07) is 14.5. The van der Waals surface area contributed by atoms with Gasteiger partial charge in [-0.1, -0.05) is 11.6 Å². The minimum absolute atomic E-state index is 0.00588. The van der Waals surface area contributed by atoms with E-state index in [4.69, 9.17) is 11.6 Å². The number of hydrogen-bond acceptors (Lipinski definition) is 5. The summed E-state index contributed by atoms with van der Waals surface area (Å²) in [7, 11) is 0. The summed E-state index contributed by atoms with van der Waals surface area (Å²) in [5, 5.41) is 10.5. The maximum atomic E-state index is 12.6. The van der Waals surface area contributed by atoms with Crippen LogP contribution in [0.2, 0.25) is 5.02 Å². The molecule has 9 heteroatoms. The molecule has 0 saturated carbocycles. The molecule has 3 aromatic rings. The molecule has 0 radical (unpaired) electrons. The number of piperazine rings is 1. The molecule has 1 aromatic heterocycles. The first-order valence-electron chi connectivity index (χ1n) is 9.12. The summed E-state index contributed by atoms with van der Waals surface area (Å²) in [5.74, 6) is 0.280. The number of aromatic nitrogens is 3. The van der Waals surface area contributed by atoms with Gasteiger partial charge in [-0.3, -0.25) is 9.59 Å². The fourth-order valence-electron chi connectivity index (χ4n) is 3.11. The molecule has 1 aliphatic rings. The predicted octanol–water partition coefficient (Wildman–Crippen LogP) is 2.42. The van der Waals surface area contributed by atoms with E-state index < -0.39 is 5.91 Å². The van der Waals surface area contributed by atoms with Gasteiger partial charge in [-0.05, 0) is 55.5 Å². The minimum atomic E-state index is -0.397. The highest BCUT2D eigenvalue weighted by molar-refractivity contribution is 6.30. The second-order valence-electron chi connectivity index (χ2n) is 6.64. The van der Waals surface area contributed by atoms with E-state index in [0.29, 0.717) is 29.6 Å². The van der Waals surface area contributed by atoms with Crippen molar-refractivity contribution in [2.45, 2.75) is 6.92 Å². The standard InChI is InChI=1S/C20H19ClN6O2/c1-13-23-19(25-27(13)17-6-2-14(21)3-7-17)20(29)24-15-4-8-16(9-5-15)26-11-10-22-18(28)12-26/h2-9H,10-12H2,1H3,(H,22,28)(H,24,29). The second-order valence-corrected chi connectivity index (χ2v) is 7.08. The molecule has 29 heavy (non-hydrogen) atoms. The molecule has 2 amide bonds. The van der Waals surface area contributed by atoms with Crippen LogP contribution in [0.25, 0.3) is 5.69 Å². The summed E-state index contributed by atoms with van der Waals surface area (Å²) < 4.78 is 1.59. The molecule has 0 atom stereocenters. The smallest absolute Gasteiger partial charge is 0.295 e. The van der Waals surface area contributed by atoms with E-state index in [0.717, 1.165) is 17.9 Å². The first-order valence-corrected chi connectivity index (χ1v) is 9.50. The molecular formula is C20H19ClN6O2. The zero-order valence-corrected chi connectivity index (χ0v) is 16.5. The van der Waals surface area contributed by atoms with Gasteiger partial charge in [0.05, 0.1) is 12.2 Å². The minimum Gasteiger partial charge on any atom is -0.360 e. The van der Waals surface area contributed by atoms with E-state index in [1.54, 1.807) is 35.9 Å². The Balaban J connectivity index is 1.46. The molecule has 1 saturated heterocycles. The molecule has 0 spiro atoms. The first kappa shape index (κ1) is 18.9. The summed E-state index contributed by atoms with van der Waals surface area (Å²) in [5.41, 5.74) is 2.33. The van der Waals surface area contributed by atoms with Gasteiger partial charge in [-0.2, -0.15) is 0 Å². The van der Waals surface area contributed by atoms with Crippen LogP contribution in [0.1, 0.15) is 16.4 Å². The fourth-order valence-corrected chi connectivity index (χ4v) is 3.24. The Hall–Kier alpha value is -3.39. The van der Waals surface area contributed by atoms with Gasteiger partial charge in [0.15, 0.2) is 0 Å². The lowest BCUT2D eigenvalue weighted by molar-refractivity contribution is -0.120. The van der Waals surface area contributed by atoms with Crippen molar-refractivity contribution in [3.8, 4) is 5.69 Å². The Morgan fingerprint density at radius 1 is 1.10 bits per heavy atom. The molecule has 0 aliphatic carbocycles. The van der Waals surface area contributed by atoms with Gasteiger partial charge >= 0.3 is 0 Å². The first-order chi connectivity index (χ1) is 14.0. The fraction of sp³-hybridized carbons (Fsp3) is 0.200. The van der Waals surface area contributed by atoms with E-state index in [2.05, 4.69) is 20.7 Å². The number of aryl methyl sites for hydroxylation is 1. The van der Waals surface area contributed by atoms with Crippen LogP contribution in [-0.4, -0.2) is 46.2 Å². The van der Waals surface area contributed by atoms with Crippen LogP contribution >= 0.6 is 11.6 Å². The van der Waals surface area contributed by atoms with Crippen molar-refractivity contribution in [3.63, 3.8) is 0 Å². The van der Waals surface area contributed by atoms with Crippen LogP contribution in [0.5, 0.6) is 0 Å². The van der Waals surface area contributed by atoms with E-state index in [1.165, 1.54) is 0 Å². The lowest BCUT2D eigenvalue weighted by Crippen LogP contribution is -2.47. The quantitative estimate of drug-likeness (QED) is 0.689. The van der Waals surface area contributed by atoms with Crippen LogP contribution in [0.4, 0.5) is 11.4 Å². The van der Waals surface area contributed by atoms with Crippen LogP contribution in [-0.2, 0) is 4.79 Å². The van der Waals surface area contributed by atoms with Crippen LogP contribution < -0.4 is 15.5 Å². The van der Waals surface area contributed by atoms with E-state index in [-0.39, 0.29) is 11.7 Å². The van der Waals surface area contributed by atoms with Crippen LogP contribution in [0.15, 0.2) is 48.5 Å². The van der Waals surface area contributed by atoms with E-state index >= 15 is 0 Å². The summed E-state index contributed by atoms with van der Waals surface area (Å²) >= 11 is 5.92. The largest absolute Gasteiger partial charge is 0.360 e. The number of hydrogen-bond donors (Lipinski definition) is 2. The normalized spacial score (nSPS) is 13.9. The van der Waals surface area contributed by atoms with E-state index in [9.17, 15) is 9.59 Å². The molecule has 1 aliphatic heterocycles. The molecule has 8 nitrogen and oxygen atoms in total. The average Bonchev–Trinajstić information content (AvgIpc) is 3.11.